The van der Waals surface area contributed by atoms with Crippen molar-refractivity contribution < 1.29 is 16.8 Å². The predicted octanol–water partition coefficient (Wildman–Crippen LogP) is 3.58. The zero-order valence-corrected chi connectivity index (χ0v) is 22.7. The van der Waals surface area contributed by atoms with Crippen molar-refractivity contribution in [1.29, 1.82) is 21.0 Å². The van der Waals surface area contributed by atoms with Crippen LogP contribution in [0, 0.1) is 91.7 Å². The zero-order chi connectivity index (χ0) is 28.2. The summed E-state index contributed by atoms with van der Waals surface area (Å²) < 4.78 is 56.9. The molecule has 40 heavy (non-hydrogen) atoms. The molecular formula is C30H22N4O4S2. The van der Waals surface area contributed by atoms with Crippen LogP contribution in [0.15, 0.2) is 81.6 Å². The van der Waals surface area contributed by atoms with Gasteiger partial charge in [0.25, 0.3) is 0 Å². The smallest absolute Gasteiger partial charge is 0.183 e. The average molecular weight is 567 g/mol. The molecule has 2 aromatic rings. The summed E-state index contributed by atoms with van der Waals surface area (Å²) in [5.74, 6) is -2.95. The molecule has 0 heterocycles. The molecule has 0 aliphatic heterocycles. The second-order valence-electron chi connectivity index (χ2n) is 11.6. The van der Waals surface area contributed by atoms with Gasteiger partial charge in [-0.05, 0) is 60.8 Å². The van der Waals surface area contributed by atoms with Crippen molar-refractivity contribution in [3.8, 4) is 24.3 Å². The van der Waals surface area contributed by atoms with Crippen LogP contribution in [0.2, 0.25) is 0 Å². The summed E-state index contributed by atoms with van der Waals surface area (Å²) in [5.41, 5.74) is -1.91. The normalized spacial score (nSPS) is 35.4. The first kappa shape index (κ1) is 25.0. The molecule has 8 atom stereocenters. The van der Waals surface area contributed by atoms with Crippen molar-refractivity contribution in [3.63, 3.8) is 0 Å². The molecule has 198 valence electrons. The molecule has 2 aromatic carbocycles. The molecule has 4 bridgehead atoms. The maximum atomic E-state index is 14.2. The Morgan fingerprint density at radius 1 is 0.550 bits per heavy atom. The molecular weight excluding hydrogens is 544 g/mol. The van der Waals surface area contributed by atoms with E-state index in [-0.39, 0.29) is 21.6 Å². The Kier molecular flexibility index (Phi) is 4.90. The maximum Gasteiger partial charge on any atom is 0.183 e. The molecule has 0 unspecified atom stereocenters. The second-order valence-corrected chi connectivity index (χ2v) is 15.8. The van der Waals surface area contributed by atoms with E-state index in [9.17, 15) is 37.9 Å². The van der Waals surface area contributed by atoms with Crippen molar-refractivity contribution >= 4 is 19.7 Å². The van der Waals surface area contributed by atoms with Crippen LogP contribution < -0.4 is 0 Å². The first-order valence-corrected chi connectivity index (χ1v) is 16.2. The maximum absolute atomic E-state index is 14.2. The van der Waals surface area contributed by atoms with Gasteiger partial charge in [0.1, 0.15) is 0 Å². The molecule has 0 aromatic heterocycles. The monoisotopic (exact) mass is 566 g/mol. The van der Waals surface area contributed by atoms with Gasteiger partial charge in [-0.2, -0.15) is 21.0 Å². The van der Waals surface area contributed by atoms with Gasteiger partial charge in [0.2, 0.25) is 0 Å². The number of hydrogen-bond donors (Lipinski definition) is 0. The van der Waals surface area contributed by atoms with Gasteiger partial charge in [-0.1, -0.05) is 47.5 Å². The highest BCUT2D eigenvalue weighted by atomic mass is 32.2. The molecule has 0 spiro atoms. The molecule has 3 saturated carbocycles. The molecule has 0 N–H and O–H groups in total. The number of rotatable bonds is 4. The van der Waals surface area contributed by atoms with E-state index < -0.39 is 64.7 Å². The van der Waals surface area contributed by atoms with E-state index in [1.807, 2.05) is 24.3 Å². The summed E-state index contributed by atoms with van der Waals surface area (Å²) in [6.45, 7) is 0. The number of nitriles is 4. The molecule has 0 amide bonds. The third-order valence-corrected chi connectivity index (χ3v) is 15.2. The van der Waals surface area contributed by atoms with E-state index in [2.05, 4.69) is 0 Å². The Hall–Kier alpha value is -3.96. The third-order valence-electron chi connectivity index (χ3n) is 10.5. The van der Waals surface area contributed by atoms with Crippen LogP contribution in [0.5, 0.6) is 0 Å². The number of hydrogen-bond acceptors (Lipinski definition) is 8. The summed E-state index contributed by atoms with van der Waals surface area (Å²) in [5, 5.41) is 38.0. The number of allylic oxidation sites excluding steroid dienone is 2. The van der Waals surface area contributed by atoms with Crippen molar-refractivity contribution in [2.45, 2.75) is 33.1 Å². The van der Waals surface area contributed by atoms with Crippen LogP contribution in [-0.2, 0) is 19.7 Å². The summed E-state index contributed by atoms with van der Waals surface area (Å²) in [7, 11) is -8.20. The first-order chi connectivity index (χ1) is 19.2. The fourth-order valence-electron chi connectivity index (χ4n) is 9.31. The highest BCUT2D eigenvalue weighted by Crippen LogP contribution is 2.81. The number of sulfone groups is 2. The Bertz CT molecular complexity index is 1730. The van der Waals surface area contributed by atoms with E-state index in [0.717, 1.165) is 11.1 Å². The SMILES string of the molecule is N#CC1(C#N)[C@@H]2[C@@H]([C@H]3C[C@H]2C2=C3[C@H]3C[C@H]2[C@H](S(=O)(=O)c2ccccc2)[C@@H]3S(=O)(=O)c2ccccc2)C1(C#N)C#N. The van der Waals surface area contributed by atoms with E-state index in [0.29, 0.717) is 12.8 Å². The minimum Gasteiger partial charge on any atom is -0.223 e. The molecule has 10 heteroatoms. The molecule has 7 rings (SSSR count). The number of benzene rings is 2. The largest absolute Gasteiger partial charge is 0.223 e. The molecule has 8 nitrogen and oxygen atoms in total. The van der Waals surface area contributed by atoms with E-state index in [1.165, 1.54) is 24.3 Å². The summed E-state index contributed by atoms with van der Waals surface area (Å²) in [4.78, 5) is 0.119. The van der Waals surface area contributed by atoms with Crippen molar-refractivity contribution in [1.82, 2.24) is 0 Å². The molecule has 0 radical (unpaired) electrons. The van der Waals surface area contributed by atoms with Crippen LogP contribution in [0.1, 0.15) is 12.8 Å². The van der Waals surface area contributed by atoms with Crippen LogP contribution in [0.25, 0.3) is 0 Å². The van der Waals surface area contributed by atoms with Gasteiger partial charge in [-0.3, -0.25) is 0 Å². The van der Waals surface area contributed by atoms with Gasteiger partial charge in [-0.15, -0.1) is 0 Å². The lowest BCUT2D eigenvalue weighted by molar-refractivity contribution is -0.0709. The Morgan fingerprint density at radius 2 is 0.875 bits per heavy atom. The van der Waals surface area contributed by atoms with Crippen molar-refractivity contribution in [2.24, 2.45) is 46.3 Å². The second kappa shape index (κ2) is 7.82. The Labute approximate surface area is 232 Å². The standard InChI is InChI=1S/C30H22N4O4S2/c31-13-29(14-32)25-19-11-20(26(25)30(29,15-33)16-34)24-22-12-21(23(19)24)27(39(35,36)17-7-3-1-4-8-17)28(22)40(37,38)18-9-5-2-6-10-18/h1-10,19-22,25-28H,11-12H2/t19-,20-,21+,22+,25-,26+,27-,28+/m0/s1. The van der Waals surface area contributed by atoms with Gasteiger partial charge in [0.15, 0.2) is 30.5 Å². The fraction of sp³-hybridized carbons (Fsp3) is 0.400. The Morgan fingerprint density at radius 3 is 1.20 bits per heavy atom. The van der Waals surface area contributed by atoms with Gasteiger partial charge in [-0.25, -0.2) is 16.8 Å². The van der Waals surface area contributed by atoms with Gasteiger partial charge in [0, 0.05) is 11.8 Å². The number of nitrogens with zero attached hydrogens (tertiary/aromatic N) is 4. The Balaban J connectivity index is 1.43. The van der Waals surface area contributed by atoms with Gasteiger partial charge >= 0.3 is 0 Å². The summed E-state index contributed by atoms with van der Waals surface area (Å²) in [6.07, 6.45) is 0.836. The summed E-state index contributed by atoms with van der Waals surface area (Å²) >= 11 is 0. The quantitative estimate of drug-likeness (QED) is 0.400. The van der Waals surface area contributed by atoms with Gasteiger partial charge in [0.05, 0.1) is 44.6 Å². The lowest BCUT2D eigenvalue weighted by atomic mass is 9.36. The van der Waals surface area contributed by atoms with Crippen molar-refractivity contribution in [3.05, 3.63) is 71.8 Å². The zero-order valence-electron chi connectivity index (χ0n) is 21.0. The average Bonchev–Trinajstić information content (AvgIpc) is 3.73. The van der Waals surface area contributed by atoms with Crippen molar-refractivity contribution in [2.75, 3.05) is 0 Å². The van der Waals surface area contributed by atoms with E-state index in [4.69, 9.17) is 0 Å². The molecule has 3 fully saturated rings. The molecule has 0 saturated heterocycles. The highest BCUT2D eigenvalue weighted by molar-refractivity contribution is 7.96. The van der Waals surface area contributed by atoms with Crippen LogP contribution >= 0.6 is 0 Å². The molecule has 5 aliphatic carbocycles. The van der Waals surface area contributed by atoms with E-state index >= 15 is 0 Å². The first-order valence-electron chi connectivity index (χ1n) is 13.1. The summed E-state index contributed by atoms with van der Waals surface area (Å²) in [6, 6.07) is 23.8. The van der Waals surface area contributed by atoms with Gasteiger partial charge < -0.3 is 0 Å². The fourth-order valence-corrected chi connectivity index (χ4v) is 14.4. The minimum atomic E-state index is -4.10. The van der Waals surface area contributed by atoms with Crippen LogP contribution in [0.4, 0.5) is 0 Å². The topological polar surface area (TPSA) is 163 Å². The highest BCUT2D eigenvalue weighted by Gasteiger charge is 2.84. The molecule has 5 aliphatic rings. The third kappa shape index (κ3) is 2.54. The lowest BCUT2D eigenvalue weighted by Crippen LogP contribution is -2.66. The number of fused-ring (bicyclic) bond motifs is 11. The predicted molar refractivity (Wildman–Crippen MR) is 139 cm³/mol. The van der Waals surface area contributed by atoms with Crippen LogP contribution in [0.3, 0.4) is 0 Å². The van der Waals surface area contributed by atoms with E-state index in [1.54, 1.807) is 36.4 Å². The lowest BCUT2D eigenvalue weighted by Gasteiger charge is -2.58. The van der Waals surface area contributed by atoms with Crippen LogP contribution in [-0.4, -0.2) is 27.3 Å². The minimum absolute atomic E-state index is 0.0593.